The zero-order valence-electron chi connectivity index (χ0n) is 13.4. The van der Waals surface area contributed by atoms with E-state index in [0.29, 0.717) is 11.7 Å². The molecule has 7 heteroatoms. The average molecular weight is 356 g/mol. The first-order valence-electron chi connectivity index (χ1n) is 7.26. The maximum absolute atomic E-state index is 12.0. The molecule has 5 nitrogen and oxygen atoms in total. The Labute approximate surface area is 146 Å². The number of thiazole rings is 1. The van der Waals surface area contributed by atoms with E-state index in [9.17, 15) is 4.79 Å². The molecule has 1 amide bonds. The molecule has 1 heterocycles. The van der Waals surface area contributed by atoms with Crippen LogP contribution in [0.15, 0.2) is 29.6 Å². The molecule has 2 aromatic rings. The molecule has 2 rings (SSSR count). The van der Waals surface area contributed by atoms with E-state index in [0.717, 1.165) is 17.0 Å². The standard InChI is InChI=1S/C16H21N3O2S.ClH/c1-4-21-13-7-5-12(6-8-13)14-9-22-16(18-14)19-15(20)10(2)11(3)17;/h5-11H,4,17H2,1-3H3,(H,18,19,20);1H. The number of nitrogens with zero attached hydrogens (tertiary/aromatic N) is 1. The Morgan fingerprint density at radius 1 is 1.35 bits per heavy atom. The molecule has 0 aliphatic rings. The zero-order chi connectivity index (χ0) is 16.1. The molecular formula is C16H22ClN3O2S. The molecule has 1 aromatic heterocycles. The van der Waals surface area contributed by atoms with Crippen molar-refractivity contribution in [3.63, 3.8) is 0 Å². The molecule has 3 N–H and O–H groups in total. The fourth-order valence-corrected chi connectivity index (χ4v) is 2.53. The number of halogens is 1. The van der Waals surface area contributed by atoms with Crippen LogP contribution in [0.4, 0.5) is 5.13 Å². The Morgan fingerprint density at radius 3 is 2.57 bits per heavy atom. The van der Waals surface area contributed by atoms with Crippen LogP contribution in [0.3, 0.4) is 0 Å². The van der Waals surface area contributed by atoms with Crippen molar-refractivity contribution in [3.05, 3.63) is 29.6 Å². The summed E-state index contributed by atoms with van der Waals surface area (Å²) in [4.78, 5) is 16.4. The lowest BCUT2D eigenvalue weighted by Crippen LogP contribution is -2.34. The second kappa shape index (κ2) is 8.86. The van der Waals surface area contributed by atoms with Gasteiger partial charge in [-0.15, -0.1) is 23.7 Å². The minimum atomic E-state index is -0.252. The third-order valence-corrected chi connectivity index (χ3v) is 4.16. The molecule has 23 heavy (non-hydrogen) atoms. The number of anilines is 1. The fraction of sp³-hybridized carbons (Fsp3) is 0.375. The van der Waals surface area contributed by atoms with Crippen LogP contribution in [-0.2, 0) is 4.79 Å². The number of carbonyl (C=O) groups excluding carboxylic acids is 1. The van der Waals surface area contributed by atoms with Crippen molar-refractivity contribution in [2.45, 2.75) is 26.8 Å². The van der Waals surface area contributed by atoms with Crippen LogP contribution in [0, 0.1) is 5.92 Å². The van der Waals surface area contributed by atoms with Gasteiger partial charge in [0.1, 0.15) is 5.75 Å². The Hall–Kier alpha value is -1.63. The monoisotopic (exact) mass is 355 g/mol. The highest BCUT2D eigenvalue weighted by atomic mass is 35.5. The number of rotatable bonds is 6. The molecule has 1 aromatic carbocycles. The van der Waals surface area contributed by atoms with E-state index in [-0.39, 0.29) is 30.3 Å². The molecular weight excluding hydrogens is 334 g/mol. The third kappa shape index (κ3) is 5.20. The molecule has 2 unspecified atom stereocenters. The summed E-state index contributed by atoms with van der Waals surface area (Å²) in [5, 5.41) is 5.31. The maximum Gasteiger partial charge on any atom is 0.230 e. The van der Waals surface area contributed by atoms with Crippen LogP contribution in [0.2, 0.25) is 0 Å². The first-order chi connectivity index (χ1) is 10.5. The van der Waals surface area contributed by atoms with Crippen molar-refractivity contribution in [2.75, 3.05) is 11.9 Å². The lowest BCUT2D eigenvalue weighted by molar-refractivity contribution is -0.119. The Balaban J connectivity index is 0.00000264. The normalized spacial score (nSPS) is 12.9. The van der Waals surface area contributed by atoms with Crippen molar-refractivity contribution in [3.8, 4) is 17.0 Å². The first-order valence-corrected chi connectivity index (χ1v) is 8.14. The van der Waals surface area contributed by atoms with Gasteiger partial charge < -0.3 is 15.8 Å². The highest BCUT2D eigenvalue weighted by Crippen LogP contribution is 2.26. The minimum Gasteiger partial charge on any atom is -0.494 e. The number of hydrogen-bond donors (Lipinski definition) is 2. The second-order valence-corrected chi connectivity index (χ2v) is 5.99. The van der Waals surface area contributed by atoms with Crippen LogP contribution >= 0.6 is 23.7 Å². The largest absolute Gasteiger partial charge is 0.494 e. The molecule has 2 atom stereocenters. The third-order valence-electron chi connectivity index (χ3n) is 3.40. The lowest BCUT2D eigenvalue weighted by atomic mass is 10.0. The summed E-state index contributed by atoms with van der Waals surface area (Å²) in [6.45, 7) is 6.22. The summed E-state index contributed by atoms with van der Waals surface area (Å²) in [5.41, 5.74) is 7.55. The molecule has 0 radical (unpaired) electrons. The number of carbonyl (C=O) groups is 1. The number of hydrogen-bond acceptors (Lipinski definition) is 5. The summed E-state index contributed by atoms with van der Waals surface area (Å²) in [5.74, 6) is 0.473. The van der Waals surface area contributed by atoms with Gasteiger partial charge in [-0.3, -0.25) is 4.79 Å². The van der Waals surface area contributed by atoms with Crippen LogP contribution in [0.25, 0.3) is 11.3 Å². The number of aromatic nitrogens is 1. The zero-order valence-corrected chi connectivity index (χ0v) is 15.0. The minimum absolute atomic E-state index is 0. The predicted octanol–water partition coefficient (Wildman–Crippen LogP) is 3.55. The van der Waals surface area contributed by atoms with Crippen molar-refractivity contribution >= 4 is 34.8 Å². The summed E-state index contributed by atoms with van der Waals surface area (Å²) in [6.07, 6.45) is 0. The molecule has 0 saturated carbocycles. The fourth-order valence-electron chi connectivity index (χ4n) is 1.81. The van der Waals surface area contributed by atoms with E-state index in [1.54, 1.807) is 6.92 Å². The van der Waals surface area contributed by atoms with E-state index in [1.165, 1.54) is 11.3 Å². The van der Waals surface area contributed by atoms with Crippen LogP contribution < -0.4 is 15.8 Å². The smallest absolute Gasteiger partial charge is 0.230 e. The van der Waals surface area contributed by atoms with Crippen LogP contribution in [0.1, 0.15) is 20.8 Å². The number of benzene rings is 1. The molecule has 126 valence electrons. The predicted molar refractivity (Wildman–Crippen MR) is 97.4 cm³/mol. The van der Waals surface area contributed by atoms with Crippen molar-refractivity contribution < 1.29 is 9.53 Å². The van der Waals surface area contributed by atoms with E-state index < -0.39 is 0 Å². The van der Waals surface area contributed by atoms with Crippen LogP contribution in [-0.4, -0.2) is 23.5 Å². The molecule has 0 fully saturated rings. The van der Waals surface area contributed by atoms with Gasteiger partial charge in [0.2, 0.25) is 5.91 Å². The average Bonchev–Trinajstić information content (AvgIpc) is 2.96. The van der Waals surface area contributed by atoms with Gasteiger partial charge in [-0.05, 0) is 38.1 Å². The maximum atomic E-state index is 12.0. The summed E-state index contributed by atoms with van der Waals surface area (Å²) < 4.78 is 5.42. The van der Waals surface area contributed by atoms with E-state index in [4.69, 9.17) is 10.5 Å². The van der Waals surface area contributed by atoms with E-state index in [2.05, 4.69) is 10.3 Å². The van der Waals surface area contributed by atoms with Gasteiger partial charge in [-0.25, -0.2) is 4.98 Å². The SMILES string of the molecule is CCOc1ccc(-c2csc(NC(=O)C(C)C(C)N)n2)cc1.Cl. The van der Waals surface area contributed by atoms with Crippen molar-refractivity contribution in [2.24, 2.45) is 11.7 Å². The van der Waals surface area contributed by atoms with Gasteiger partial charge in [0.15, 0.2) is 5.13 Å². The molecule has 0 bridgehead atoms. The Kier molecular flexibility index (Phi) is 7.48. The summed E-state index contributed by atoms with van der Waals surface area (Å²) in [7, 11) is 0. The molecule has 0 saturated heterocycles. The summed E-state index contributed by atoms with van der Waals surface area (Å²) in [6, 6.07) is 7.54. The van der Waals surface area contributed by atoms with Gasteiger partial charge in [-0.2, -0.15) is 0 Å². The number of ether oxygens (including phenoxy) is 1. The Morgan fingerprint density at radius 2 is 2.00 bits per heavy atom. The number of amides is 1. The molecule has 0 aliphatic carbocycles. The lowest BCUT2D eigenvalue weighted by Gasteiger charge is -2.13. The van der Waals surface area contributed by atoms with Crippen molar-refractivity contribution in [1.82, 2.24) is 4.98 Å². The number of nitrogens with one attached hydrogen (secondary N) is 1. The summed E-state index contributed by atoms with van der Waals surface area (Å²) >= 11 is 1.40. The van der Waals surface area contributed by atoms with Crippen molar-refractivity contribution in [1.29, 1.82) is 0 Å². The molecule has 0 spiro atoms. The van der Waals surface area contributed by atoms with Gasteiger partial charge in [0.25, 0.3) is 0 Å². The topological polar surface area (TPSA) is 77.2 Å². The highest BCUT2D eigenvalue weighted by Gasteiger charge is 2.18. The highest BCUT2D eigenvalue weighted by molar-refractivity contribution is 7.14. The molecule has 0 aliphatic heterocycles. The van der Waals surface area contributed by atoms with Gasteiger partial charge in [-0.1, -0.05) is 6.92 Å². The van der Waals surface area contributed by atoms with E-state index in [1.807, 2.05) is 43.5 Å². The van der Waals surface area contributed by atoms with Gasteiger partial charge in [0.05, 0.1) is 18.2 Å². The van der Waals surface area contributed by atoms with E-state index >= 15 is 0 Å². The van der Waals surface area contributed by atoms with Crippen LogP contribution in [0.5, 0.6) is 5.75 Å². The first kappa shape index (κ1) is 19.4. The number of nitrogens with two attached hydrogens (primary N) is 1. The van der Waals surface area contributed by atoms with Gasteiger partial charge >= 0.3 is 0 Å². The van der Waals surface area contributed by atoms with Gasteiger partial charge in [0, 0.05) is 17.0 Å². The Bertz CT molecular complexity index is 629. The second-order valence-electron chi connectivity index (χ2n) is 5.13. The quantitative estimate of drug-likeness (QED) is 0.830.